The van der Waals surface area contributed by atoms with E-state index in [0.717, 1.165) is 30.6 Å². The zero-order valence-corrected chi connectivity index (χ0v) is 12.8. The molecule has 0 bridgehead atoms. The Bertz CT molecular complexity index is 531. The molecule has 1 aromatic rings. The van der Waals surface area contributed by atoms with Gasteiger partial charge in [0.05, 0.1) is 18.3 Å². The number of urea groups is 1. The summed E-state index contributed by atoms with van der Waals surface area (Å²) in [5, 5.41) is 15.1. The predicted molar refractivity (Wildman–Crippen MR) is 77.6 cm³/mol. The Hall–Kier alpha value is -1.67. The van der Waals surface area contributed by atoms with Crippen LogP contribution in [0.25, 0.3) is 0 Å². The second kappa shape index (κ2) is 6.86. The summed E-state index contributed by atoms with van der Waals surface area (Å²) in [7, 11) is 1.68. The van der Waals surface area contributed by atoms with Gasteiger partial charge in [0.15, 0.2) is 0 Å². The lowest BCUT2D eigenvalue weighted by molar-refractivity contribution is 0.0701. The number of aromatic nitrogens is 1. The van der Waals surface area contributed by atoms with Gasteiger partial charge in [-0.3, -0.25) is 0 Å². The van der Waals surface area contributed by atoms with Crippen molar-refractivity contribution >= 4 is 23.3 Å². The quantitative estimate of drug-likeness (QED) is 0.765. The van der Waals surface area contributed by atoms with Crippen molar-refractivity contribution in [2.75, 3.05) is 7.11 Å². The molecule has 0 aromatic carbocycles. The number of aromatic carboxylic acids is 1. The number of carboxylic acids is 1. The third-order valence-electron chi connectivity index (χ3n) is 3.49. The van der Waals surface area contributed by atoms with E-state index < -0.39 is 5.97 Å². The van der Waals surface area contributed by atoms with Crippen LogP contribution < -0.4 is 10.6 Å². The molecular formula is C13H19N3O4S. The number of thiazole rings is 1. The molecule has 2 amide bonds. The fraction of sp³-hybridized carbons (Fsp3) is 0.615. The Morgan fingerprint density at radius 1 is 1.48 bits per heavy atom. The average Bonchev–Trinajstić information content (AvgIpc) is 3.03. The Morgan fingerprint density at radius 2 is 2.24 bits per heavy atom. The number of aryl methyl sites for hydroxylation is 1. The Kier molecular flexibility index (Phi) is 5.13. The van der Waals surface area contributed by atoms with Gasteiger partial charge in [0, 0.05) is 13.2 Å². The van der Waals surface area contributed by atoms with Crippen LogP contribution in [0, 0.1) is 6.92 Å². The summed E-state index contributed by atoms with van der Waals surface area (Å²) in [6.45, 7) is 1.87. The lowest BCUT2D eigenvalue weighted by atomic mass is 10.2. The van der Waals surface area contributed by atoms with Crippen molar-refractivity contribution in [3.63, 3.8) is 0 Å². The van der Waals surface area contributed by atoms with E-state index in [4.69, 9.17) is 9.84 Å². The van der Waals surface area contributed by atoms with Gasteiger partial charge in [0.25, 0.3) is 0 Å². The molecule has 1 aliphatic carbocycles. The van der Waals surface area contributed by atoms with Crippen molar-refractivity contribution in [2.24, 2.45) is 0 Å². The predicted octanol–water partition coefficient (Wildman–Crippen LogP) is 1.52. The van der Waals surface area contributed by atoms with Crippen molar-refractivity contribution in [2.45, 2.75) is 44.9 Å². The molecule has 2 atom stereocenters. The van der Waals surface area contributed by atoms with E-state index >= 15 is 0 Å². The summed E-state index contributed by atoms with van der Waals surface area (Å²) in [4.78, 5) is 27.1. The Balaban J connectivity index is 1.79. The van der Waals surface area contributed by atoms with E-state index in [1.807, 2.05) is 0 Å². The first-order valence-corrected chi connectivity index (χ1v) is 7.58. The van der Waals surface area contributed by atoms with Crippen LogP contribution in [0.2, 0.25) is 0 Å². The molecule has 116 valence electrons. The minimum absolute atomic E-state index is 0.127. The maximum Gasteiger partial charge on any atom is 0.347 e. The SMILES string of the molecule is COC1CCC(NC(=O)NCc2nc(C)c(C(=O)O)s2)C1. The summed E-state index contributed by atoms with van der Waals surface area (Å²) in [6.07, 6.45) is 2.90. The van der Waals surface area contributed by atoms with E-state index in [2.05, 4.69) is 15.6 Å². The molecule has 0 radical (unpaired) electrons. The molecule has 1 aromatic heterocycles. The van der Waals surface area contributed by atoms with E-state index in [9.17, 15) is 9.59 Å². The summed E-state index contributed by atoms with van der Waals surface area (Å²) >= 11 is 1.08. The number of hydrogen-bond donors (Lipinski definition) is 3. The lowest BCUT2D eigenvalue weighted by Crippen LogP contribution is -2.40. The first-order valence-electron chi connectivity index (χ1n) is 6.76. The molecule has 1 saturated carbocycles. The maximum atomic E-state index is 11.8. The molecule has 3 N–H and O–H groups in total. The number of hydrogen-bond acceptors (Lipinski definition) is 5. The molecule has 2 unspecified atom stereocenters. The van der Waals surface area contributed by atoms with E-state index in [-0.39, 0.29) is 29.6 Å². The number of rotatable bonds is 5. The number of nitrogens with zero attached hydrogens (tertiary/aromatic N) is 1. The maximum absolute atomic E-state index is 11.8. The van der Waals surface area contributed by atoms with Gasteiger partial charge in [-0.05, 0) is 26.2 Å². The molecule has 0 saturated heterocycles. The molecule has 8 heteroatoms. The smallest absolute Gasteiger partial charge is 0.347 e. The van der Waals surface area contributed by atoms with Gasteiger partial charge in [-0.15, -0.1) is 11.3 Å². The van der Waals surface area contributed by atoms with Gasteiger partial charge in [-0.25, -0.2) is 14.6 Å². The van der Waals surface area contributed by atoms with Crippen molar-refractivity contribution in [1.82, 2.24) is 15.6 Å². The zero-order valence-electron chi connectivity index (χ0n) is 12.0. The number of ether oxygens (including phenoxy) is 1. The number of amides is 2. The van der Waals surface area contributed by atoms with Gasteiger partial charge in [-0.2, -0.15) is 0 Å². The van der Waals surface area contributed by atoms with Crippen molar-refractivity contribution in [3.8, 4) is 0 Å². The number of carbonyl (C=O) groups excluding carboxylic acids is 1. The monoisotopic (exact) mass is 313 g/mol. The van der Waals surface area contributed by atoms with Crippen LogP contribution in [-0.2, 0) is 11.3 Å². The fourth-order valence-corrected chi connectivity index (χ4v) is 3.25. The van der Waals surface area contributed by atoms with Crippen LogP contribution in [0.5, 0.6) is 0 Å². The van der Waals surface area contributed by atoms with Gasteiger partial charge < -0.3 is 20.5 Å². The topological polar surface area (TPSA) is 101 Å². The van der Waals surface area contributed by atoms with E-state index in [1.54, 1.807) is 14.0 Å². The molecule has 21 heavy (non-hydrogen) atoms. The standard InChI is InChI=1S/C13H19N3O4S/c1-7-11(12(17)18)21-10(15-7)6-14-13(19)16-8-3-4-9(5-8)20-2/h8-9H,3-6H2,1-2H3,(H,17,18)(H2,14,16,19). The third kappa shape index (κ3) is 4.15. The van der Waals surface area contributed by atoms with Crippen LogP contribution in [-0.4, -0.2) is 41.3 Å². The number of carbonyl (C=O) groups is 2. The summed E-state index contributed by atoms with van der Waals surface area (Å²) in [5.41, 5.74) is 0.475. The number of methoxy groups -OCH3 is 1. The summed E-state index contributed by atoms with van der Waals surface area (Å²) in [5.74, 6) is -0.989. The van der Waals surface area contributed by atoms with Crippen molar-refractivity contribution < 1.29 is 19.4 Å². The molecule has 1 fully saturated rings. The first-order chi connectivity index (χ1) is 9.99. The van der Waals surface area contributed by atoms with Crippen LogP contribution in [0.15, 0.2) is 0 Å². The molecule has 1 aliphatic rings. The summed E-state index contributed by atoms with van der Waals surface area (Å²) < 4.78 is 5.25. The highest BCUT2D eigenvalue weighted by molar-refractivity contribution is 7.13. The fourth-order valence-electron chi connectivity index (χ4n) is 2.40. The van der Waals surface area contributed by atoms with Crippen LogP contribution in [0.1, 0.15) is 39.6 Å². The van der Waals surface area contributed by atoms with E-state index in [0.29, 0.717) is 10.7 Å². The van der Waals surface area contributed by atoms with Crippen molar-refractivity contribution in [1.29, 1.82) is 0 Å². The van der Waals surface area contributed by atoms with Gasteiger partial charge in [-0.1, -0.05) is 0 Å². The normalized spacial score (nSPS) is 21.2. The Morgan fingerprint density at radius 3 is 2.81 bits per heavy atom. The average molecular weight is 313 g/mol. The largest absolute Gasteiger partial charge is 0.477 e. The van der Waals surface area contributed by atoms with Gasteiger partial charge >= 0.3 is 12.0 Å². The molecule has 2 rings (SSSR count). The molecule has 1 heterocycles. The lowest BCUT2D eigenvalue weighted by Gasteiger charge is -2.13. The molecular weight excluding hydrogens is 294 g/mol. The minimum Gasteiger partial charge on any atom is -0.477 e. The van der Waals surface area contributed by atoms with Crippen LogP contribution in [0.4, 0.5) is 4.79 Å². The van der Waals surface area contributed by atoms with Crippen LogP contribution >= 0.6 is 11.3 Å². The molecule has 0 aliphatic heterocycles. The summed E-state index contributed by atoms with van der Waals surface area (Å²) in [6, 6.07) is -0.135. The number of carboxylic acid groups (broad SMARTS) is 1. The first kappa shape index (κ1) is 15.7. The highest BCUT2D eigenvalue weighted by Crippen LogP contribution is 2.21. The molecule has 7 nitrogen and oxygen atoms in total. The van der Waals surface area contributed by atoms with Gasteiger partial charge in [0.2, 0.25) is 0 Å². The van der Waals surface area contributed by atoms with Gasteiger partial charge in [0.1, 0.15) is 9.88 Å². The number of nitrogens with one attached hydrogen (secondary N) is 2. The third-order valence-corrected chi connectivity index (χ3v) is 4.63. The second-order valence-electron chi connectivity index (χ2n) is 5.02. The van der Waals surface area contributed by atoms with E-state index in [1.165, 1.54) is 0 Å². The van der Waals surface area contributed by atoms with Crippen LogP contribution in [0.3, 0.4) is 0 Å². The highest BCUT2D eigenvalue weighted by Gasteiger charge is 2.25. The Labute approximate surface area is 126 Å². The minimum atomic E-state index is -0.989. The zero-order chi connectivity index (χ0) is 15.4. The van der Waals surface area contributed by atoms with Crippen molar-refractivity contribution in [3.05, 3.63) is 15.6 Å². The highest BCUT2D eigenvalue weighted by atomic mass is 32.1. The second-order valence-corrected chi connectivity index (χ2v) is 6.11. The molecule has 0 spiro atoms.